The molecule has 16 heteroatoms. The van der Waals surface area contributed by atoms with Crippen molar-refractivity contribution in [1.29, 1.82) is 0 Å². The summed E-state index contributed by atoms with van der Waals surface area (Å²) in [5.74, 6) is -2.49. The van der Waals surface area contributed by atoms with Gasteiger partial charge in [-0.1, -0.05) is 74.5 Å². The third-order valence-corrected chi connectivity index (χ3v) is 11.5. The molecule has 1 fully saturated rings. The van der Waals surface area contributed by atoms with Crippen LogP contribution in [0.5, 0.6) is 0 Å². The Bertz CT molecular complexity index is 1880. The number of Topliss-reactive ketones (excluding diaryl/α,β-unsaturated/α-hetero) is 1. The number of ketones is 1. The van der Waals surface area contributed by atoms with Gasteiger partial charge in [-0.15, -0.1) is 22.7 Å². The van der Waals surface area contributed by atoms with E-state index in [1.807, 2.05) is 85.2 Å². The van der Waals surface area contributed by atoms with Crippen molar-refractivity contribution in [3.8, 4) is 0 Å². The quantitative estimate of drug-likeness (QED) is 0.113. The van der Waals surface area contributed by atoms with E-state index >= 15 is 0 Å². The van der Waals surface area contributed by atoms with Gasteiger partial charge in [-0.05, 0) is 49.1 Å². The molecule has 300 valence electrons. The number of rotatable bonds is 17. The number of urea groups is 1. The van der Waals surface area contributed by atoms with Gasteiger partial charge in [0.1, 0.15) is 6.61 Å². The molecule has 0 spiro atoms. The van der Waals surface area contributed by atoms with Crippen molar-refractivity contribution in [3.63, 3.8) is 0 Å². The second kappa shape index (κ2) is 19.9. The topological polar surface area (TPSA) is 134 Å². The zero-order valence-corrected chi connectivity index (χ0v) is 33.2. The fraction of sp³-hybridized carbons (Fsp3) is 0.450. The van der Waals surface area contributed by atoms with Gasteiger partial charge in [0.2, 0.25) is 0 Å². The van der Waals surface area contributed by atoms with Gasteiger partial charge in [-0.2, -0.15) is 13.2 Å². The Balaban J connectivity index is 1.33. The van der Waals surface area contributed by atoms with E-state index in [1.54, 1.807) is 18.8 Å². The predicted octanol–water partition coefficient (Wildman–Crippen LogP) is 7.53. The van der Waals surface area contributed by atoms with Crippen LogP contribution in [0.25, 0.3) is 0 Å². The Morgan fingerprint density at radius 2 is 1.66 bits per heavy atom. The third-order valence-electron chi connectivity index (χ3n) is 9.56. The molecular formula is C40H47F3N6O5S2. The van der Waals surface area contributed by atoms with Crippen LogP contribution < -0.4 is 10.6 Å². The van der Waals surface area contributed by atoms with Crippen molar-refractivity contribution in [1.82, 2.24) is 30.4 Å². The molecular weight excluding hydrogens is 766 g/mol. The molecule has 4 amide bonds. The molecule has 5 rings (SSSR count). The van der Waals surface area contributed by atoms with Crippen LogP contribution in [0.4, 0.5) is 22.8 Å². The monoisotopic (exact) mass is 812 g/mol. The number of thiazole rings is 2. The Hall–Kier alpha value is -4.83. The number of carbonyl (C=O) groups is 4. The molecule has 0 bridgehead atoms. The molecule has 4 aromatic rings. The van der Waals surface area contributed by atoms with Crippen LogP contribution in [0.2, 0.25) is 0 Å². The maximum atomic E-state index is 14.3. The second-order valence-electron chi connectivity index (χ2n) is 14.4. The fourth-order valence-electron chi connectivity index (χ4n) is 6.78. The Kier molecular flexibility index (Phi) is 15.0. The third kappa shape index (κ3) is 12.6. The highest BCUT2D eigenvalue weighted by Gasteiger charge is 2.45. The van der Waals surface area contributed by atoms with E-state index in [0.29, 0.717) is 31.4 Å². The van der Waals surface area contributed by atoms with Gasteiger partial charge in [0.05, 0.1) is 33.7 Å². The minimum Gasteiger partial charge on any atom is -0.444 e. The number of carbonyl (C=O) groups excluding carboxylic acids is 4. The molecule has 2 N–H and O–H groups in total. The molecule has 1 aliphatic rings. The van der Waals surface area contributed by atoms with Crippen molar-refractivity contribution in [2.24, 2.45) is 5.92 Å². The van der Waals surface area contributed by atoms with E-state index in [-0.39, 0.29) is 56.2 Å². The van der Waals surface area contributed by atoms with Crippen molar-refractivity contribution in [3.05, 3.63) is 104 Å². The summed E-state index contributed by atoms with van der Waals surface area (Å²) in [6.45, 7) is 3.98. The van der Waals surface area contributed by atoms with Crippen molar-refractivity contribution in [2.75, 3.05) is 13.6 Å². The Labute approximate surface area is 332 Å². The first-order valence-electron chi connectivity index (χ1n) is 18.5. The van der Waals surface area contributed by atoms with Crippen LogP contribution in [0, 0.1) is 5.92 Å². The number of likely N-dealkylation sites (tertiary alicyclic amines) is 1. The van der Waals surface area contributed by atoms with E-state index in [9.17, 15) is 32.3 Å². The van der Waals surface area contributed by atoms with Crippen molar-refractivity contribution >= 4 is 46.5 Å². The predicted molar refractivity (Wildman–Crippen MR) is 208 cm³/mol. The maximum absolute atomic E-state index is 14.3. The van der Waals surface area contributed by atoms with E-state index in [1.165, 1.54) is 32.5 Å². The summed E-state index contributed by atoms with van der Waals surface area (Å²) < 4.78 is 45.3. The van der Waals surface area contributed by atoms with Crippen LogP contribution >= 0.6 is 22.7 Å². The molecule has 56 heavy (non-hydrogen) atoms. The zero-order chi connectivity index (χ0) is 40.2. The van der Waals surface area contributed by atoms with E-state index in [0.717, 1.165) is 21.0 Å². The minimum atomic E-state index is -5.12. The summed E-state index contributed by atoms with van der Waals surface area (Å²) in [5, 5.41) is 7.75. The number of amides is 4. The van der Waals surface area contributed by atoms with Crippen LogP contribution in [-0.4, -0.2) is 81.5 Å². The standard InChI is InChI=1S/C40H47F3N6O5S2/c1-26(2)36-45-32(24-55-36)21-48(3)39(53)49-22-31(46-37(51)40(41,42)43)19-34(49)35(50)18-29(16-27-10-6-4-7-11-27)14-15-30(17-28-12-8-5-9-13-28)47-38(52)54-23-33-20-44-25-56-33/h4-13,20,24-26,29-31,34H,14-19,21-23H2,1-3H3,(H,46,51)(H,47,52)/t29-,30-,31+,34+/m1/s1. The molecule has 0 aliphatic carbocycles. The van der Waals surface area contributed by atoms with Crippen LogP contribution in [0.1, 0.15) is 72.2 Å². The summed E-state index contributed by atoms with van der Waals surface area (Å²) in [6.07, 6.45) is -2.19. The number of nitrogens with zero attached hydrogens (tertiary/aromatic N) is 4. The molecule has 0 radical (unpaired) electrons. The highest BCUT2D eigenvalue weighted by Crippen LogP contribution is 2.28. The second-order valence-corrected chi connectivity index (χ2v) is 16.3. The number of halogens is 3. The van der Waals surface area contributed by atoms with Crippen LogP contribution in [0.3, 0.4) is 0 Å². The molecule has 2 aromatic carbocycles. The lowest BCUT2D eigenvalue weighted by atomic mass is 9.86. The van der Waals surface area contributed by atoms with Gasteiger partial charge in [0.15, 0.2) is 5.78 Å². The number of hydrogen-bond acceptors (Lipinski definition) is 9. The number of ether oxygens (including phenoxy) is 1. The van der Waals surface area contributed by atoms with E-state index in [2.05, 4.69) is 15.3 Å². The maximum Gasteiger partial charge on any atom is 0.471 e. The molecule has 0 unspecified atom stereocenters. The molecule has 2 aromatic heterocycles. The minimum absolute atomic E-state index is 0.0186. The summed E-state index contributed by atoms with van der Waals surface area (Å²) in [5.41, 5.74) is 4.31. The van der Waals surface area contributed by atoms with Gasteiger partial charge >= 0.3 is 24.2 Å². The molecule has 1 aliphatic heterocycles. The zero-order valence-electron chi connectivity index (χ0n) is 31.5. The first kappa shape index (κ1) is 42.3. The highest BCUT2D eigenvalue weighted by atomic mass is 32.1. The molecule has 0 saturated carbocycles. The number of hydrogen-bond donors (Lipinski definition) is 2. The smallest absolute Gasteiger partial charge is 0.444 e. The SMILES string of the molecule is CC(C)c1nc(CN(C)C(=O)N2C[C@@H](NC(=O)C(F)(F)F)C[C@H]2C(=O)C[C@H](CC[C@H](Cc2ccccc2)NC(=O)OCc2cncs2)Cc2ccccc2)cs1. The number of aromatic nitrogens is 2. The average Bonchev–Trinajstić information content (AvgIpc) is 3.95. The highest BCUT2D eigenvalue weighted by molar-refractivity contribution is 7.09. The molecule has 3 heterocycles. The number of nitrogens with one attached hydrogen (secondary N) is 2. The van der Waals surface area contributed by atoms with Crippen molar-refractivity contribution in [2.45, 2.75) is 95.7 Å². The average molecular weight is 813 g/mol. The van der Waals surface area contributed by atoms with Crippen LogP contribution in [-0.2, 0) is 40.3 Å². The lowest BCUT2D eigenvalue weighted by Gasteiger charge is -2.29. The van der Waals surface area contributed by atoms with Gasteiger partial charge < -0.3 is 25.2 Å². The number of alkyl halides is 3. The summed E-state index contributed by atoms with van der Waals surface area (Å²) in [6, 6.07) is 16.3. The Morgan fingerprint density at radius 1 is 0.982 bits per heavy atom. The van der Waals surface area contributed by atoms with Gasteiger partial charge in [-0.25, -0.2) is 14.6 Å². The fourth-order valence-corrected chi connectivity index (χ4v) is 8.11. The molecule has 11 nitrogen and oxygen atoms in total. The molecule has 1 saturated heterocycles. The van der Waals surface area contributed by atoms with E-state index in [4.69, 9.17) is 4.74 Å². The summed E-state index contributed by atoms with van der Waals surface area (Å²) >= 11 is 2.85. The van der Waals surface area contributed by atoms with Crippen molar-refractivity contribution < 1.29 is 37.1 Å². The number of alkyl carbamates (subject to hydrolysis) is 1. The normalized spacial score (nSPS) is 16.7. The van der Waals surface area contributed by atoms with Crippen LogP contribution in [0.15, 0.2) is 77.8 Å². The first-order valence-corrected chi connectivity index (χ1v) is 20.3. The van der Waals surface area contributed by atoms with E-state index < -0.39 is 36.3 Å². The lowest BCUT2D eigenvalue weighted by Crippen LogP contribution is -2.48. The molecule has 4 atom stereocenters. The summed E-state index contributed by atoms with van der Waals surface area (Å²) in [4.78, 5) is 65.2. The summed E-state index contributed by atoms with van der Waals surface area (Å²) in [7, 11) is 1.56. The number of benzene rings is 2. The Morgan fingerprint density at radius 3 is 2.27 bits per heavy atom. The van der Waals surface area contributed by atoms with Gasteiger partial charge in [0.25, 0.3) is 0 Å². The largest absolute Gasteiger partial charge is 0.471 e. The first-order chi connectivity index (χ1) is 26.7. The lowest BCUT2D eigenvalue weighted by molar-refractivity contribution is -0.174. The van der Waals surface area contributed by atoms with Gasteiger partial charge in [0, 0.05) is 49.6 Å². The van der Waals surface area contributed by atoms with Gasteiger partial charge in [-0.3, -0.25) is 14.6 Å².